The third-order valence-corrected chi connectivity index (χ3v) is 4.32. The number of carbonyl (C=O) groups is 1. The molecule has 2 heterocycles. The van der Waals surface area contributed by atoms with Gasteiger partial charge in [-0.15, -0.1) is 23.7 Å². The Morgan fingerprint density at radius 1 is 1.45 bits per heavy atom. The average Bonchev–Trinajstić information content (AvgIpc) is 2.79. The Kier molecular flexibility index (Phi) is 4.96. The molecule has 2 aromatic rings. The molecule has 0 spiro atoms. The first-order valence-electron chi connectivity index (χ1n) is 6.64. The fraction of sp³-hybridized carbons (Fsp3) is 0.429. The van der Waals surface area contributed by atoms with E-state index in [-0.39, 0.29) is 24.4 Å². The molecule has 1 saturated heterocycles. The van der Waals surface area contributed by atoms with E-state index in [2.05, 4.69) is 15.6 Å². The van der Waals surface area contributed by atoms with Crippen molar-refractivity contribution in [1.29, 1.82) is 0 Å². The van der Waals surface area contributed by atoms with Crippen LogP contribution >= 0.6 is 23.7 Å². The van der Waals surface area contributed by atoms with E-state index in [4.69, 9.17) is 0 Å². The van der Waals surface area contributed by atoms with E-state index in [9.17, 15) is 4.79 Å². The van der Waals surface area contributed by atoms with Crippen molar-refractivity contribution < 1.29 is 4.79 Å². The number of rotatable bonds is 2. The molecule has 1 amide bonds. The minimum absolute atomic E-state index is 0. The summed E-state index contributed by atoms with van der Waals surface area (Å²) in [5, 5.41) is 7.30. The zero-order valence-corrected chi connectivity index (χ0v) is 12.9. The minimum Gasteiger partial charge on any atom is -0.325 e. The van der Waals surface area contributed by atoms with Crippen molar-refractivity contribution in [3.63, 3.8) is 0 Å². The molecular formula is C14H18ClN3OS. The minimum atomic E-state index is -0.0485. The van der Waals surface area contributed by atoms with Crippen LogP contribution in [0.4, 0.5) is 5.69 Å². The Balaban J connectivity index is 0.00000147. The summed E-state index contributed by atoms with van der Waals surface area (Å²) in [7, 11) is 0. The van der Waals surface area contributed by atoms with Gasteiger partial charge in [-0.05, 0) is 44.5 Å². The molecule has 6 heteroatoms. The molecule has 108 valence electrons. The van der Waals surface area contributed by atoms with Crippen molar-refractivity contribution in [2.75, 3.05) is 11.9 Å². The number of nitrogens with zero attached hydrogens (tertiary/aromatic N) is 1. The lowest BCUT2D eigenvalue weighted by atomic mass is 10.0. The van der Waals surface area contributed by atoms with Crippen molar-refractivity contribution in [3.8, 4) is 0 Å². The molecule has 1 aliphatic rings. The first-order chi connectivity index (χ1) is 9.22. The second kappa shape index (κ2) is 6.52. The van der Waals surface area contributed by atoms with Crippen molar-refractivity contribution >= 4 is 45.6 Å². The fourth-order valence-corrected chi connectivity index (χ4v) is 3.29. The average molecular weight is 312 g/mol. The number of halogens is 1. The van der Waals surface area contributed by atoms with E-state index in [0.717, 1.165) is 46.7 Å². The number of anilines is 1. The van der Waals surface area contributed by atoms with Gasteiger partial charge in [-0.1, -0.05) is 6.42 Å². The molecule has 0 radical (unpaired) electrons. The molecule has 1 aliphatic heterocycles. The molecule has 0 aliphatic carbocycles. The van der Waals surface area contributed by atoms with Crippen LogP contribution in [0.1, 0.15) is 24.3 Å². The quantitative estimate of drug-likeness (QED) is 0.896. The molecule has 1 aromatic carbocycles. The van der Waals surface area contributed by atoms with Crippen LogP contribution in [0.5, 0.6) is 0 Å². The molecule has 0 saturated carbocycles. The lowest BCUT2D eigenvalue weighted by molar-refractivity contribution is -0.118. The molecule has 1 atom stereocenters. The Labute approximate surface area is 128 Å². The van der Waals surface area contributed by atoms with Crippen molar-refractivity contribution in [3.05, 3.63) is 23.2 Å². The number of piperidine rings is 1. The van der Waals surface area contributed by atoms with Crippen LogP contribution in [0, 0.1) is 6.92 Å². The second-order valence-electron chi connectivity index (χ2n) is 4.91. The SMILES string of the molecule is Cc1nc2ccc(NC(=O)[C@@H]3CCCCN3)cc2s1.Cl. The molecule has 20 heavy (non-hydrogen) atoms. The van der Waals surface area contributed by atoms with Gasteiger partial charge in [0.25, 0.3) is 0 Å². The van der Waals surface area contributed by atoms with Gasteiger partial charge in [-0.3, -0.25) is 4.79 Å². The summed E-state index contributed by atoms with van der Waals surface area (Å²) in [6.45, 7) is 2.93. The van der Waals surface area contributed by atoms with Gasteiger partial charge in [0.1, 0.15) is 0 Å². The number of aryl methyl sites for hydroxylation is 1. The van der Waals surface area contributed by atoms with Crippen LogP contribution in [0.15, 0.2) is 18.2 Å². The summed E-state index contributed by atoms with van der Waals surface area (Å²) >= 11 is 1.65. The number of thiazole rings is 1. The molecule has 3 rings (SSSR count). The summed E-state index contributed by atoms with van der Waals surface area (Å²) < 4.78 is 1.12. The molecule has 1 aromatic heterocycles. The first kappa shape index (κ1) is 15.2. The van der Waals surface area contributed by atoms with Crippen LogP contribution in [0.3, 0.4) is 0 Å². The van der Waals surface area contributed by atoms with Gasteiger partial charge in [0.15, 0.2) is 0 Å². The van der Waals surface area contributed by atoms with Gasteiger partial charge in [-0.2, -0.15) is 0 Å². The highest BCUT2D eigenvalue weighted by Crippen LogP contribution is 2.25. The monoisotopic (exact) mass is 311 g/mol. The van der Waals surface area contributed by atoms with E-state index in [1.165, 1.54) is 0 Å². The van der Waals surface area contributed by atoms with E-state index in [1.807, 2.05) is 25.1 Å². The number of amides is 1. The summed E-state index contributed by atoms with van der Waals surface area (Å²) in [4.78, 5) is 16.5. The highest BCUT2D eigenvalue weighted by Gasteiger charge is 2.20. The van der Waals surface area contributed by atoms with Crippen LogP contribution < -0.4 is 10.6 Å². The smallest absolute Gasteiger partial charge is 0.241 e. The molecule has 2 N–H and O–H groups in total. The molecule has 4 nitrogen and oxygen atoms in total. The van der Waals surface area contributed by atoms with Gasteiger partial charge < -0.3 is 10.6 Å². The maximum atomic E-state index is 12.1. The second-order valence-corrected chi connectivity index (χ2v) is 6.14. The zero-order chi connectivity index (χ0) is 13.2. The third-order valence-electron chi connectivity index (χ3n) is 3.39. The normalized spacial score (nSPS) is 18.6. The highest BCUT2D eigenvalue weighted by atomic mass is 35.5. The maximum Gasteiger partial charge on any atom is 0.241 e. The largest absolute Gasteiger partial charge is 0.325 e. The van der Waals surface area contributed by atoms with E-state index >= 15 is 0 Å². The number of fused-ring (bicyclic) bond motifs is 1. The van der Waals surface area contributed by atoms with Gasteiger partial charge in [0.05, 0.1) is 21.3 Å². The fourth-order valence-electron chi connectivity index (χ4n) is 2.42. The predicted molar refractivity (Wildman–Crippen MR) is 85.9 cm³/mol. The number of hydrogen-bond donors (Lipinski definition) is 2. The Bertz CT molecular complexity index is 607. The number of nitrogens with one attached hydrogen (secondary N) is 2. The molecule has 0 unspecified atom stereocenters. The predicted octanol–water partition coefficient (Wildman–Crippen LogP) is 3.11. The molecule has 1 fully saturated rings. The van der Waals surface area contributed by atoms with E-state index < -0.39 is 0 Å². The van der Waals surface area contributed by atoms with Gasteiger partial charge >= 0.3 is 0 Å². The van der Waals surface area contributed by atoms with Crippen molar-refractivity contribution in [2.45, 2.75) is 32.2 Å². The highest BCUT2D eigenvalue weighted by molar-refractivity contribution is 7.18. The number of aromatic nitrogens is 1. The number of hydrogen-bond acceptors (Lipinski definition) is 4. The van der Waals surface area contributed by atoms with Gasteiger partial charge in [0.2, 0.25) is 5.91 Å². The third kappa shape index (κ3) is 3.29. The molecular weight excluding hydrogens is 294 g/mol. The van der Waals surface area contributed by atoms with Gasteiger partial charge in [-0.25, -0.2) is 4.98 Å². The standard InChI is InChI=1S/C14H17N3OS.ClH/c1-9-16-11-6-5-10(8-13(11)19-9)17-14(18)12-4-2-3-7-15-12;/h5-6,8,12,15H,2-4,7H2,1H3,(H,17,18);1H/t12-;/m0./s1. The number of carbonyl (C=O) groups excluding carboxylic acids is 1. The Morgan fingerprint density at radius 2 is 2.30 bits per heavy atom. The summed E-state index contributed by atoms with van der Waals surface area (Å²) in [5.41, 5.74) is 1.85. The zero-order valence-electron chi connectivity index (χ0n) is 11.3. The lowest BCUT2D eigenvalue weighted by Gasteiger charge is -2.22. The Morgan fingerprint density at radius 3 is 3.05 bits per heavy atom. The summed E-state index contributed by atoms with van der Waals surface area (Å²) in [6, 6.07) is 5.83. The topological polar surface area (TPSA) is 54.0 Å². The van der Waals surface area contributed by atoms with Crippen LogP contribution in [0.2, 0.25) is 0 Å². The lowest BCUT2D eigenvalue weighted by Crippen LogP contribution is -2.43. The Hall–Kier alpha value is -1.17. The summed E-state index contributed by atoms with van der Waals surface area (Å²) in [5.74, 6) is 0.0697. The van der Waals surface area contributed by atoms with E-state index in [0.29, 0.717) is 0 Å². The number of benzene rings is 1. The van der Waals surface area contributed by atoms with Crippen molar-refractivity contribution in [1.82, 2.24) is 10.3 Å². The summed E-state index contributed by atoms with van der Waals surface area (Å²) in [6.07, 6.45) is 3.21. The van der Waals surface area contributed by atoms with Gasteiger partial charge in [0, 0.05) is 5.69 Å². The van der Waals surface area contributed by atoms with E-state index in [1.54, 1.807) is 11.3 Å². The molecule has 0 bridgehead atoms. The van der Waals surface area contributed by atoms with Crippen LogP contribution in [-0.4, -0.2) is 23.5 Å². The van der Waals surface area contributed by atoms with Crippen LogP contribution in [0.25, 0.3) is 10.2 Å². The van der Waals surface area contributed by atoms with Crippen molar-refractivity contribution in [2.24, 2.45) is 0 Å². The van der Waals surface area contributed by atoms with Crippen LogP contribution in [-0.2, 0) is 4.79 Å². The first-order valence-corrected chi connectivity index (χ1v) is 7.45. The maximum absolute atomic E-state index is 12.1.